The zero-order valence-electron chi connectivity index (χ0n) is 22.9. The molecule has 0 N–H and O–H groups in total. The van der Waals surface area contributed by atoms with Crippen molar-refractivity contribution in [3.05, 3.63) is 145 Å². The van der Waals surface area contributed by atoms with Crippen molar-refractivity contribution in [2.24, 2.45) is 0 Å². The fourth-order valence-electron chi connectivity index (χ4n) is 6.79. The molecule has 0 aliphatic heterocycles. The molecule has 0 radical (unpaired) electrons. The van der Waals surface area contributed by atoms with Gasteiger partial charge in [0.15, 0.2) is 0 Å². The standard InChI is InChI=1S/C40H26O2/c1-4-27-10-14-31-18-25(19-32-15-11-28(5-1)37(27)39(31)32)23-41-35-8-3-9-36(22-35)42-24-26-20-33-16-12-29-6-2-7-30-13-17-34(21-26)40(33)38(29)30/h1-22H,23-24H2. The van der Waals surface area contributed by atoms with Crippen LogP contribution in [-0.4, -0.2) is 0 Å². The van der Waals surface area contributed by atoms with Crippen LogP contribution in [0.2, 0.25) is 0 Å². The third-order valence-corrected chi connectivity index (χ3v) is 8.66. The van der Waals surface area contributed by atoms with Crippen LogP contribution in [0.3, 0.4) is 0 Å². The summed E-state index contributed by atoms with van der Waals surface area (Å²) in [6.07, 6.45) is 0. The van der Waals surface area contributed by atoms with Crippen LogP contribution in [0.5, 0.6) is 11.5 Å². The van der Waals surface area contributed by atoms with E-state index in [9.17, 15) is 0 Å². The van der Waals surface area contributed by atoms with Gasteiger partial charge in [-0.05, 0) is 112 Å². The summed E-state index contributed by atoms with van der Waals surface area (Å²) in [6.45, 7) is 0.993. The highest BCUT2D eigenvalue weighted by molar-refractivity contribution is 6.24. The highest BCUT2D eigenvalue weighted by Crippen LogP contribution is 2.37. The van der Waals surface area contributed by atoms with Crippen molar-refractivity contribution in [3.8, 4) is 11.5 Å². The molecule has 0 spiro atoms. The van der Waals surface area contributed by atoms with Gasteiger partial charge in [-0.3, -0.25) is 0 Å². The van der Waals surface area contributed by atoms with Gasteiger partial charge in [0.2, 0.25) is 0 Å². The van der Waals surface area contributed by atoms with E-state index in [2.05, 4.69) is 109 Å². The summed E-state index contributed by atoms with van der Waals surface area (Å²) in [6, 6.07) is 47.7. The lowest BCUT2D eigenvalue weighted by molar-refractivity contribution is 0.290. The highest BCUT2D eigenvalue weighted by atomic mass is 16.5. The largest absolute Gasteiger partial charge is 0.489 e. The summed E-state index contributed by atoms with van der Waals surface area (Å²) < 4.78 is 12.5. The minimum atomic E-state index is 0.496. The molecule has 42 heavy (non-hydrogen) atoms. The van der Waals surface area contributed by atoms with Gasteiger partial charge < -0.3 is 9.47 Å². The Kier molecular flexibility index (Phi) is 5.06. The number of ether oxygens (including phenoxy) is 2. The monoisotopic (exact) mass is 538 g/mol. The summed E-state index contributed by atoms with van der Waals surface area (Å²) in [4.78, 5) is 0. The molecule has 0 aliphatic carbocycles. The molecular formula is C40H26O2. The maximum atomic E-state index is 6.26. The number of hydrogen-bond donors (Lipinski definition) is 0. The highest BCUT2D eigenvalue weighted by Gasteiger charge is 2.11. The first-order valence-electron chi connectivity index (χ1n) is 14.5. The van der Waals surface area contributed by atoms with Crippen molar-refractivity contribution in [3.63, 3.8) is 0 Å². The third-order valence-electron chi connectivity index (χ3n) is 8.66. The van der Waals surface area contributed by atoms with E-state index in [0.29, 0.717) is 13.2 Å². The van der Waals surface area contributed by atoms with Crippen LogP contribution in [0.25, 0.3) is 64.6 Å². The maximum absolute atomic E-state index is 6.26. The fraction of sp³-hybridized carbons (Fsp3) is 0.0500. The molecule has 0 fully saturated rings. The molecular weight excluding hydrogens is 512 g/mol. The number of rotatable bonds is 6. The molecule has 0 saturated heterocycles. The minimum absolute atomic E-state index is 0.496. The maximum Gasteiger partial charge on any atom is 0.123 e. The van der Waals surface area contributed by atoms with Gasteiger partial charge in [0, 0.05) is 6.07 Å². The van der Waals surface area contributed by atoms with Crippen LogP contribution in [-0.2, 0) is 13.2 Å². The van der Waals surface area contributed by atoms with Crippen LogP contribution in [0, 0.1) is 0 Å². The topological polar surface area (TPSA) is 18.5 Å². The van der Waals surface area contributed by atoms with Gasteiger partial charge in [-0.2, -0.15) is 0 Å². The van der Waals surface area contributed by atoms with E-state index in [1.807, 2.05) is 24.3 Å². The van der Waals surface area contributed by atoms with Crippen LogP contribution in [0.4, 0.5) is 0 Å². The second kappa shape index (κ2) is 9.09. The third kappa shape index (κ3) is 3.73. The van der Waals surface area contributed by atoms with Crippen LogP contribution >= 0.6 is 0 Å². The Morgan fingerprint density at radius 2 is 0.619 bits per heavy atom. The first-order chi connectivity index (χ1) is 20.8. The predicted octanol–water partition coefficient (Wildman–Crippen LogP) is 10.6. The van der Waals surface area contributed by atoms with E-state index in [-0.39, 0.29) is 0 Å². The molecule has 0 atom stereocenters. The van der Waals surface area contributed by atoms with Gasteiger partial charge in [0.1, 0.15) is 24.7 Å². The van der Waals surface area contributed by atoms with E-state index in [1.54, 1.807) is 0 Å². The molecule has 0 saturated carbocycles. The van der Waals surface area contributed by atoms with Gasteiger partial charge in [-0.15, -0.1) is 0 Å². The molecule has 9 rings (SSSR count). The minimum Gasteiger partial charge on any atom is -0.489 e. The SMILES string of the molecule is c1cc(OCc2cc3ccc4cccc5ccc(c2)c3c45)cc(OCc2cc3ccc4cccc5ccc(c2)c3c45)c1. The Balaban J connectivity index is 0.954. The average Bonchev–Trinajstić information content (AvgIpc) is 3.04. The van der Waals surface area contributed by atoms with Crippen molar-refractivity contribution in [1.29, 1.82) is 0 Å². The zero-order valence-corrected chi connectivity index (χ0v) is 22.9. The fourth-order valence-corrected chi connectivity index (χ4v) is 6.79. The summed E-state index contributed by atoms with van der Waals surface area (Å²) in [7, 11) is 0. The van der Waals surface area contributed by atoms with Gasteiger partial charge in [-0.1, -0.05) is 91.0 Å². The lowest BCUT2D eigenvalue weighted by Crippen LogP contribution is -1.98. The first-order valence-corrected chi connectivity index (χ1v) is 14.5. The Labute approximate surface area is 243 Å². The lowest BCUT2D eigenvalue weighted by Gasteiger charge is -2.14. The molecule has 9 aromatic rings. The van der Waals surface area contributed by atoms with Crippen molar-refractivity contribution >= 4 is 64.6 Å². The smallest absolute Gasteiger partial charge is 0.123 e. The van der Waals surface area contributed by atoms with Crippen molar-refractivity contribution < 1.29 is 9.47 Å². The Hall–Kier alpha value is -5.34. The molecule has 0 amide bonds. The molecule has 0 heterocycles. The first kappa shape index (κ1) is 23.4. The van der Waals surface area contributed by atoms with Crippen LogP contribution in [0.15, 0.2) is 133 Å². The Bertz CT molecular complexity index is 2120. The van der Waals surface area contributed by atoms with Crippen molar-refractivity contribution in [2.45, 2.75) is 13.2 Å². The molecule has 2 nitrogen and oxygen atoms in total. The van der Waals surface area contributed by atoms with Gasteiger partial charge in [-0.25, -0.2) is 0 Å². The Morgan fingerprint density at radius 3 is 1.00 bits per heavy atom. The van der Waals surface area contributed by atoms with E-state index in [0.717, 1.165) is 22.6 Å². The van der Waals surface area contributed by atoms with Crippen LogP contribution < -0.4 is 9.47 Å². The molecule has 2 heteroatoms. The summed E-state index contributed by atoms with van der Waals surface area (Å²) in [5.41, 5.74) is 2.31. The van der Waals surface area contributed by atoms with Gasteiger partial charge in [0.25, 0.3) is 0 Å². The number of hydrogen-bond acceptors (Lipinski definition) is 2. The number of benzene rings is 9. The van der Waals surface area contributed by atoms with Gasteiger partial charge >= 0.3 is 0 Å². The molecule has 0 aliphatic rings. The van der Waals surface area contributed by atoms with E-state index < -0.39 is 0 Å². The van der Waals surface area contributed by atoms with E-state index >= 15 is 0 Å². The van der Waals surface area contributed by atoms with Crippen molar-refractivity contribution in [2.75, 3.05) is 0 Å². The molecule has 0 aromatic heterocycles. The molecule has 0 unspecified atom stereocenters. The van der Waals surface area contributed by atoms with Crippen LogP contribution in [0.1, 0.15) is 11.1 Å². The van der Waals surface area contributed by atoms with Gasteiger partial charge in [0.05, 0.1) is 0 Å². The lowest BCUT2D eigenvalue weighted by atomic mass is 9.93. The molecule has 198 valence electrons. The summed E-state index contributed by atoms with van der Waals surface area (Å²) in [5.74, 6) is 1.60. The quantitative estimate of drug-likeness (QED) is 0.196. The van der Waals surface area contributed by atoms with E-state index in [1.165, 1.54) is 64.6 Å². The zero-order chi connectivity index (χ0) is 27.6. The second-order valence-electron chi connectivity index (χ2n) is 11.3. The Morgan fingerprint density at radius 1 is 0.310 bits per heavy atom. The summed E-state index contributed by atoms with van der Waals surface area (Å²) in [5, 5.41) is 15.5. The second-order valence-corrected chi connectivity index (χ2v) is 11.3. The summed E-state index contributed by atoms with van der Waals surface area (Å²) >= 11 is 0. The van der Waals surface area contributed by atoms with E-state index in [4.69, 9.17) is 9.47 Å². The normalized spacial score (nSPS) is 12.0. The van der Waals surface area contributed by atoms with Crippen molar-refractivity contribution in [1.82, 2.24) is 0 Å². The predicted molar refractivity (Wildman–Crippen MR) is 175 cm³/mol. The molecule has 0 bridgehead atoms. The molecule has 9 aromatic carbocycles. The average molecular weight is 539 g/mol.